The van der Waals surface area contributed by atoms with E-state index in [9.17, 15) is 22.6 Å². The van der Waals surface area contributed by atoms with Gasteiger partial charge in [0.2, 0.25) is 0 Å². The van der Waals surface area contributed by atoms with Gasteiger partial charge in [-0.2, -0.15) is 8.42 Å². The molecule has 0 fully saturated rings. The Morgan fingerprint density at radius 2 is 1.47 bits per heavy atom. The third kappa shape index (κ3) is 10.1. The summed E-state index contributed by atoms with van der Waals surface area (Å²) >= 11 is 5.76. The summed E-state index contributed by atoms with van der Waals surface area (Å²) in [5, 5.41) is 19.9. The minimum Gasteiger partial charge on any atom is -0.481 e. The second-order valence-electron chi connectivity index (χ2n) is 6.21. The fourth-order valence-electron chi connectivity index (χ4n) is 2.27. The van der Waals surface area contributed by atoms with E-state index in [1.165, 1.54) is 18.2 Å². The smallest absolute Gasteiger partial charge is 0.303 e. The number of carboxylic acid groups (broad SMARTS) is 2. The van der Waals surface area contributed by atoms with Crippen LogP contribution in [-0.4, -0.2) is 35.1 Å². The van der Waals surface area contributed by atoms with Crippen LogP contribution < -0.4 is 11.1 Å². The molecular formula is C19H23ClN2O7S. The summed E-state index contributed by atoms with van der Waals surface area (Å²) in [6.45, 7) is 0. The lowest BCUT2D eigenvalue weighted by atomic mass is 10.1. The van der Waals surface area contributed by atoms with Crippen molar-refractivity contribution in [3.8, 4) is 0 Å². The molecule has 0 atom stereocenters. The highest BCUT2D eigenvalue weighted by Crippen LogP contribution is 2.27. The summed E-state index contributed by atoms with van der Waals surface area (Å²) in [6.07, 6.45) is 2.10. The van der Waals surface area contributed by atoms with Gasteiger partial charge in [-0.15, -0.1) is 0 Å². The first-order chi connectivity index (χ1) is 14.0. The van der Waals surface area contributed by atoms with Crippen molar-refractivity contribution in [2.75, 3.05) is 11.1 Å². The predicted molar refractivity (Wildman–Crippen MR) is 114 cm³/mol. The van der Waals surface area contributed by atoms with E-state index in [2.05, 4.69) is 5.32 Å². The molecule has 0 radical (unpaired) electrons. The molecule has 0 aliphatic carbocycles. The van der Waals surface area contributed by atoms with Crippen LogP contribution in [0.15, 0.2) is 47.4 Å². The Hall–Kier alpha value is -2.82. The second-order valence-corrected chi connectivity index (χ2v) is 8.04. The van der Waals surface area contributed by atoms with Crippen LogP contribution in [0, 0.1) is 0 Å². The molecule has 0 unspecified atom stereocenters. The quantitative estimate of drug-likeness (QED) is 0.211. The summed E-state index contributed by atoms with van der Waals surface area (Å²) in [7, 11) is -4.35. The topological polar surface area (TPSA) is 167 Å². The summed E-state index contributed by atoms with van der Waals surface area (Å²) in [4.78, 5) is 19.7. The Balaban J connectivity index is 0.000000352. The van der Waals surface area contributed by atoms with Crippen LogP contribution >= 0.6 is 11.6 Å². The molecule has 0 aromatic heterocycles. The number of hydrogen-bond acceptors (Lipinski definition) is 6. The van der Waals surface area contributed by atoms with E-state index in [4.69, 9.17) is 27.5 Å². The molecule has 0 saturated heterocycles. The Kier molecular flexibility index (Phi) is 10.1. The lowest BCUT2D eigenvalue weighted by molar-refractivity contribution is -0.137. The predicted octanol–water partition coefficient (Wildman–Crippen LogP) is 4.02. The Labute approximate surface area is 179 Å². The number of nitrogens with two attached hydrogens (primary N) is 1. The van der Waals surface area contributed by atoms with E-state index in [1.807, 2.05) is 0 Å². The maximum Gasteiger partial charge on any atom is 0.303 e. The molecule has 2 aromatic rings. The Morgan fingerprint density at radius 1 is 0.933 bits per heavy atom. The number of rotatable bonds is 9. The third-order valence-electron chi connectivity index (χ3n) is 3.69. The standard InChI is InChI=1S/C12H11ClN2O3S.C7H12O4/c13-8-1-4-10(5-2-8)15-11-6-3-9(14)7-12(11)19(16,17)18;8-6(9)4-2-1-3-5-7(10)11/h1-7,15H,14H2,(H,16,17,18);1-5H2,(H,8,9)(H,10,11). The number of nitrogen functional groups attached to an aromatic ring is 1. The summed E-state index contributed by atoms with van der Waals surface area (Å²) in [6, 6.07) is 10.9. The first-order valence-corrected chi connectivity index (χ1v) is 10.6. The number of aliphatic carboxylic acids is 2. The average molecular weight is 459 g/mol. The number of halogens is 1. The number of benzene rings is 2. The van der Waals surface area contributed by atoms with Crippen LogP contribution in [0.2, 0.25) is 5.02 Å². The van der Waals surface area contributed by atoms with E-state index >= 15 is 0 Å². The van der Waals surface area contributed by atoms with Gasteiger partial charge in [-0.1, -0.05) is 18.0 Å². The van der Waals surface area contributed by atoms with E-state index in [0.29, 0.717) is 30.0 Å². The van der Waals surface area contributed by atoms with Crippen LogP contribution in [0.25, 0.3) is 0 Å². The molecule has 30 heavy (non-hydrogen) atoms. The molecule has 0 heterocycles. The lowest BCUT2D eigenvalue weighted by Gasteiger charge is -2.11. The zero-order valence-electron chi connectivity index (χ0n) is 15.9. The van der Waals surface area contributed by atoms with Crippen molar-refractivity contribution in [1.29, 1.82) is 0 Å². The average Bonchev–Trinajstić information content (AvgIpc) is 2.64. The van der Waals surface area contributed by atoms with E-state index in [0.717, 1.165) is 0 Å². The summed E-state index contributed by atoms with van der Waals surface area (Å²) in [5.74, 6) is -1.64. The van der Waals surface area contributed by atoms with Gasteiger partial charge in [-0.05, 0) is 55.3 Å². The molecule has 6 N–H and O–H groups in total. The van der Waals surface area contributed by atoms with Crippen molar-refractivity contribution in [2.24, 2.45) is 0 Å². The van der Waals surface area contributed by atoms with Crippen molar-refractivity contribution >= 4 is 50.7 Å². The van der Waals surface area contributed by atoms with Gasteiger partial charge in [-0.3, -0.25) is 14.1 Å². The maximum absolute atomic E-state index is 11.3. The van der Waals surface area contributed by atoms with Crippen molar-refractivity contribution in [3.63, 3.8) is 0 Å². The minimum atomic E-state index is -4.35. The first kappa shape index (κ1) is 25.2. The molecule has 0 bridgehead atoms. The van der Waals surface area contributed by atoms with Crippen molar-refractivity contribution in [1.82, 2.24) is 0 Å². The van der Waals surface area contributed by atoms with Crippen LogP contribution in [-0.2, 0) is 19.7 Å². The normalized spacial score (nSPS) is 10.6. The van der Waals surface area contributed by atoms with Gasteiger partial charge < -0.3 is 21.3 Å². The molecule has 164 valence electrons. The number of carboxylic acids is 2. The van der Waals surface area contributed by atoms with Crippen LogP contribution in [0.3, 0.4) is 0 Å². The third-order valence-corrected chi connectivity index (χ3v) is 4.83. The lowest BCUT2D eigenvalue weighted by Crippen LogP contribution is -2.04. The molecule has 11 heteroatoms. The molecule has 2 aromatic carbocycles. The number of carbonyl (C=O) groups is 2. The van der Waals surface area contributed by atoms with Crippen LogP contribution in [0.1, 0.15) is 32.1 Å². The second kappa shape index (κ2) is 12.0. The Bertz CT molecular complexity index is 947. The van der Waals surface area contributed by atoms with E-state index in [-0.39, 0.29) is 29.1 Å². The fourth-order valence-corrected chi connectivity index (χ4v) is 3.08. The molecule has 0 aliphatic heterocycles. The molecule has 0 spiro atoms. The fraction of sp³-hybridized carbons (Fsp3) is 0.263. The van der Waals surface area contributed by atoms with Gasteiger partial charge in [-0.25, -0.2) is 0 Å². The number of anilines is 3. The minimum absolute atomic E-state index is 0.139. The zero-order valence-corrected chi connectivity index (χ0v) is 17.5. The van der Waals surface area contributed by atoms with Crippen LogP contribution in [0.4, 0.5) is 17.1 Å². The zero-order chi connectivity index (χ0) is 22.7. The van der Waals surface area contributed by atoms with Gasteiger partial charge in [0.25, 0.3) is 10.1 Å². The molecule has 9 nitrogen and oxygen atoms in total. The maximum atomic E-state index is 11.3. The summed E-state index contributed by atoms with van der Waals surface area (Å²) < 4.78 is 31.8. The molecule has 0 saturated carbocycles. The largest absolute Gasteiger partial charge is 0.481 e. The van der Waals surface area contributed by atoms with Gasteiger partial charge in [0.05, 0.1) is 5.69 Å². The number of unbranched alkanes of at least 4 members (excludes halogenated alkanes) is 2. The van der Waals surface area contributed by atoms with Gasteiger partial charge in [0, 0.05) is 29.2 Å². The van der Waals surface area contributed by atoms with Crippen molar-refractivity contribution < 1.29 is 32.8 Å². The highest BCUT2D eigenvalue weighted by Gasteiger charge is 2.16. The SMILES string of the molecule is Nc1ccc(Nc2ccc(Cl)cc2)c(S(=O)(=O)O)c1.O=C(O)CCCCCC(=O)O. The highest BCUT2D eigenvalue weighted by molar-refractivity contribution is 7.86. The molecule has 0 aliphatic rings. The Morgan fingerprint density at radius 3 is 1.93 bits per heavy atom. The van der Waals surface area contributed by atoms with E-state index < -0.39 is 22.1 Å². The van der Waals surface area contributed by atoms with Gasteiger partial charge >= 0.3 is 11.9 Å². The molecular weight excluding hydrogens is 436 g/mol. The summed E-state index contributed by atoms with van der Waals surface area (Å²) in [5.41, 5.74) is 6.63. The van der Waals surface area contributed by atoms with Crippen molar-refractivity contribution in [3.05, 3.63) is 47.5 Å². The monoisotopic (exact) mass is 458 g/mol. The van der Waals surface area contributed by atoms with Crippen LogP contribution in [0.5, 0.6) is 0 Å². The van der Waals surface area contributed by atoms with Gasteiger partial charge in [0.15, 0.2) is 0 Å². The van der Waals surface area contributed by atoms with Gasteiger partial charge in [0.1, 0.15) is 4.90 Å². The molecule has 0 amide bonds. The first-order valence-electron chi connectivity index (χ1n) is 8.82. The highest BCUT2D eigenvalue weighted by atomic mass is 35.5. The van der Waals surface area contributed by atoms with Crippen molar-refractivity contribution in [2.45, 2.75) is 37.0 Å². The number of nitrogens with one attached hydrogen (secondary N) is 1. The van der Waals surface area contributed by atoms with E-state index in [1.54, 1.807) is 24.3 Å². The number of hydrogen-bond donors (Lipinski definition) is 5. The molecule has 2 rings (SSSR count).